The fourth-order valence-corrected chi connectivity index (χ4v) is 1.94. The third-order valence-corrected chi connectivity index (χ3v) is 2.81. The summed E-state index contributed by atoms with van der Waals surface area (Å²) >= 11 is 0. The molecule has 0 bridgehead atoms. The van der Waals surface area contributed by atoms with Gasteiger partial charge in [0.05, 0.1) is 6.26 Å². The molecule has 2 heterocycles. The van der Waals surface area contributed by atoms with Gasteiger partial charge in [0, 0.05) is 30.9 Å². The van der Waals surface area contributed by atoms with Crippen molar-refractivity contribution < 1.29 is 4.42 Å². The summed E-state index contributed by atoms with van der Waals surface area (Å²) in [5, 5.41) is 3.53. The minimum Gasteiger partial charge on any atom is -0.469 e. The van der Waals surface area contributed by atoms with E-state index in [1.807, 2.05) is 24.4 Å². The van der Waals surface area contributed by atoms with Crippen LogP contribution in [0.5, 0.6) is 0 Å². The summed E-state index contributed by atoms with van der Waals surface area (Å²) in [6.45, 7) is 4.31. The van der Waals surface area contributed by atoms with E-state index in [4.69, 9.17) is 4.42 Å². The zero-order chi connectivity index (χ0) is 12.1. The highest BCUT2D eigenvalue weighted by Crippen LogP contribution is 2.12. The highest BCUT2D eigenvalue weighted by atomic mass is 16.3. The summed E-state index contributed by atoms with van der Waals surface area (Å²) in [7, 11) is 0. The Labute approximate surface area is 102 Å². The van der Waals surface area contributed by atoms with Crippen molar-refractivity contribution in [2.45, 2.75) is 32.4 Å². The molecule has 3 heteroatoms. The zero-order valence-electron chi connectivity index (χ0n) is 10.3. The van der Waals surface area contributed by atoms with E-state index >= 15 is 0 Å². The molecule has 0 amide bonds. The third kappa shape index (κ3) is 3.43. The van der Waals surface area contributed by atoms with Crippen molar-refractivity contribution in [1.82, 2.24) is 10.3 Å². The van der Waals surface area contributed by atoms with Gasteiger partial charge in [-0.05, 0) is 37.6 Å². The van der Waals surface area contributed by atoms with E-state index in [0.29, 0.717) is 12.1 Å². The van der Waals surface area contributed by atoms with Gasteiger partial charge < -0.3 is 9.73 Å². The zero-order valence-corrected chi connectivity index (χ0v) is 10.3. The molecule has 3 nitrogen and oxygen atoms in total. The number of rotatable bonds is 5. The molecule has 0 aliphatic carbocycles. The Balaban J connectivity index is 1.88. The van der Waals surface area contributed by atoms with Crippen LogP contribution in [0.3, 0.4) is 0 Å². The Morgan fingerprint density at radius 1 is 1.29 bits per heavy atom. The largest absolute Gasteiger partial charge is 0.469 e. The molecule has 0 aromatic carbocycles. The summed E-state index contributed by atoms with van der Waals surface area (Å²) in [5.74, 6) is 1.02. The molecular weight excluding hydrogens is 212 g/mol. The molecule has 0 fully saturated rings. The van der Waals surface area contributed by atoms with Crippen molar-refractivity contribution in [3.05, 3.63) is 54.2 Å². The molecule has 2 atom stereocenters. The average Bonchev–Trinajstić information content (AvgIpc) is 2.82. The van der Waals surface area contributed by atoms with E-state index in [1.54, 1.807) is 12.5 Å². The van der Waals surface area contributed by atoms with Crippen LogP contribution in [-0.2, 0) is 6.42 Å². The number of hydrogen-bond acceptors (Lipinski definition) is 3. The Kier molecular flexibility index (Phi) is 3.94. The van der Waals surface area contributed by atoms with Gasteiger partial charge in [0.2, 0.25) is 0 Å². The molecule has 2 rings (SSSR count). The SMILES string of the molecule is CC(Cc1ccco1)N[C@H](C)c1cccnc1. The molecule has 2 aromatic heterocycles. The minimum absolute atomic E-state index is 0.300. The van der Waals surface area contributed by atoms with Gasteiger partial charge in [0.1, 0.15) is 5.76 Å². The van der Waals surface area contributed by atoms with Crippen LogP contribution < -0.4 is 5.32 Å². The number of nitrogens with one attached hydrogen (secondary N) is 1. The Hall–Kier alpha value is -1.61. The maximum absolute atomic E-state index is 5.34. The van der Waals surface area contributed by atoms with E-state index < -0.39 is 0 Å². The maximum Gasteiger partial charge on any atom is 0.105 e. The molecule has 0 spiro atoms. The van der Waals surface area contributed by atoms with E-state index in [1.165, 1.54) is 5.56 Å². The van der Waals surface area contributed by atoms with Crippen LogP contribution in [0, 0.1) is 0 Å². The summed E-state index contributed by atoms with van der Waals surface area (Å²) in [4.78, 5) is 4.13. The molecule has 0 radical (unpaired) electrons. The first-order valence-corrected chi connectivity index (χ1v) is 5.94. The number of pyridine rings is 1. The lowest BCUT2D eigenvalue weighted by molar-refractivity contribution is 0.428. The number of nitrogens with zero attached hydrogens (tertiary/aromatic N) is 1. The summed E-state index contributed by atoms with van der Waals surface area (Å²) in [6, 6.07) is 8.65. The molecule has 1 N–H and O–H groups in total. The molecule has 17 heavy (non-hydrogen) atoms. The molecule has 0 saturated carbocycles. The van der Waals surface area contributed by atoms with Crippen LogP contribution in [0.25, 0.3) is 0 Å². The predicted molar refractivity (Wildman–Crippen MR) is 67.7 cm³/mol. The van der Waals surface area contributed by atoms with Gasteiger partial charge in [-0.15, -0.1) is 0 Å². The van der Waals surface area contributed by atoms with E-state index in [2.05, 4.69) is 30.2 Å². The van der Waals surface area contributed by atoms with Gasteiger partial charge in [-0.3, -0.25) is 4.98 Å². The Bertz CT molecular complexity index is 425. The normalized spacial score (nSPS) is 14.5. The molecular formula is C14H18N2O. The number of furan rings is 1. The van der Waals surface area contributed by atoms with Crippen LogP contribution >= 0.6 is 0 Å². The van der Waals surface area contributed by atoms with Crippen molar-refractivity contribution in [2.24, 2.45) is 0 Å². The lowest BCUT2D eigenvalue weighted by Crippen LogP contribution is -2.30. The molecule has 0 saturated heterocycles. The van der Waals surface area contributed by atoms with E-state index in [9.17, 15) is 0 Å². The topological polar surface area (TPSA) is 38.1 Å². The first-order chi connectivity index (χ1) is 8.25. The fourth-order valence-electron chi connectivity index (χ4n) is 1.94. The van der Waals surface area contributed by atoms with Gasteiger partial charge in [-0.2, -0.15) is 0 Å². The molecule has 1 unspecified atom stereocenters. The van der Waals surface area contributed by atoms with Crippen molar-refractivity contribution in [3.8, 4) is 0 Å². The van der Waals surface area contributed by atoms with Crippen LogP contribution in [0.1, 0.15) is 31.2 Å². The predicted octanol–water partition coefficient (Wildman–Crippen LogP) is 2.96. The second-order valence-electron chi connectivity index (χ2n) is 4.36. The van der Waals surface area contributed by atoms with Crippen molar-refractivity contribution in [2.75, 3.05) is 0 Å². The van der Waals surface area contributed by atoms with Crippen LogP contribution in [-0.4, -0.2) is 11.0 Å². The highest BCUT2D eigenvalue weighted by molar-refractivity contribution is 5.13. The van der Waals surface area contributed by atoms with Crippen molar-refractivity contribution in [1.29, 1.82) is 0 Å². The smallest absolute Gasteiger partial charge is 0.105 e. The number of aromatic nitrogens is 1. The van der Waals surface area contributed by atoms with E-state index in [-0.39, 0.29) is 0 Å². The fraction of sp³-hybridized carbons (Fsp3) is 0.357. The first-order valence-electron chi connectivity index (χ1n) is 5.94. The van der Waals surface area contributed by atoms with Gasteiger partial charge >= 0.3 is 0 Å². The molecule has 2 aromatic rings. The lowest BCUT2D eigenvalue weighted by atomic mass is 10.1. The molecule has 0 aliphatic rings. The second kappa shape index (κ2) is 5.64. The third-order valence-electron chi connectivity index (χ3n) is 2.81. The van der Waals surface area contributed by atoms with Crippen molar-refractivity contribution in [3.63, 3.8) is 0 Å². The summed E-state index contributed by atoms with van der Waals surface area (Å²) < 4.78 is 5.34. The average molecular weight is 230 g/mol. The first kappa shape index (κ1) is 11.9. The monoisotopic (exact) mass is 230 g/mol. The standard InChI is InChI=1S/C14H18N2O/c1-11(9-14-6-4-8-17-14)16-12(2)13-5-3-7-15-10-13/h3-8,10-12,16H,9H2,1-2H3/t11?,12-/m1/s1. The van der Waals surface area contributed by atoms with Gasteiger partial charge in [0.25, 0.3) is 0 Å². The summed E-state index contributed by atoms with van der Waals surface area (Å²) in [6.07, 6.45) is 6.31. The second-order valence-corrected chi connectivity index (χ2v) is 4.36. The van der Waals surface area contributed by atoms with Gasteiger partial charge in [-0.25, -0.2) is 0 Å². The maximum atomic E-state index is 5.34. The molecule has 90 valence electrons. The van der Waals surface area contributed by atoms with Crippen LogP contribution in [0.2, 0.25) is 0 Å². The quantitative estimate of drug-likeness (QED) is 0.858. The lowest BCUT2D eigenvalue weighted by Gasteiger charge is -2.19. The van der Waals surface area contributed by atoms with Gasteiger partial charge in [-0.1, -0.05) is 6.07 Å². The Morgan fingerprint density at radius 2 is 2.18 bits per heavy atom. The minimum atomic E-state index is 0.300. The van der Waals surface area contributed by atoms with Crippen LogP contribution in [0.15, 0.2) is 47.3 Å². The van der Waals surface area contributed by atoms with Crippen molar-refractivity contribution >= 4 is 0 Å². The van der Waals surface area contributed by atoms with Gasteiger partial charge in [0.15, 0.2) is 0 Å². The van der Waals surface area contributed by atoms with Crippen LogP contribution in [0.4, 0.5) is 0 Å². The van der Waals surface area contributed by atoms with E-state index in [0.717, 1.165) is 12.2 Å². The molecule has 0 aliphatic heterocycles. The highest BCUT2D eigenvalue weighted by Gasteiger charge is 2.10. The summed E-state index contributed by atoms with van der Waals surface area (Å²) in [5.41, 5.74) is 1.21. The Morgan fingerprint density at radius 3 is 2.82 bits per heavy atom. The number of hydrogen-bond donors (Lipinski definition) is 1.